The standard InChI is InChI=1S/C18H18N6O/c19-21-15(12-7-3-1-4-8-12)11-14-16(13-9-5-2-6-10-13)23-24-17(14)18(25)22-20/h1-10H,11,19-20H2,(H,22,25)(H,23,24)/b21-15-. The van der Waals surface area contributed by atoms with Crippen molar-refractivity contribution in [1.29, 1.82) is 0 Å². The highest BCUT2D eigenvalue weighted by Gasteiger charge is 2.21. The number of rotatable bonds is 5. The molecule has 0 aliphatic rings. The molecule has 25 heavy (non-hydrogen) atoms. The van der Waals surface area contributed by atoms with Crippen LogP contribution in [0.4, 0.5) is 0 Å². The number of hydrogen-bond donors (Lipinski definition) is 4. The van der Waals surface area contributed by atoms with Gasteiger partial charge in [0.25, 0.3) is 5.91 Å². The van der Waals surface area contributed by atoms with Gasteiger partial charge >= 0.3 is 0 Å². The number of hydrogen-bond acceptors (Lipinski definition) is 5. The van der Waals surface area contributed by atoms with E-state index in [1.807, 2.05) is 60.7 Å². The van der Waals surface area contributed by atoms with Gasteiger partial charge in [-0.1, -0.05) is 60.7 Å². The fourth-order valence-corrected chi connectivity index (χ4v) is 2.65. The van der Waals surface area contributed by atoms with Crippen molar-refractivity contribution in [2.45, 2.75) is 6.42 Å². The Morgan fingerprint density at radius 1 is 1.08 bits per heavy atom. The van der Waals surface area contributed by atoms with Gasteiger partial charge in [0.1, 0.15) is 5.69 Å². The molecule has 0 atom stereocenters. The molecule has 3 aromatic rings. The molecule has 0 unspecified atom stereocenters. The molecular weight excluding hydrogens is 316 g/mol. The van der Waals surface area contributed by atoms with E-state index in [-0.39, 0.29) is 0 Å². The van der Waals surface area contributed by atoms with E-state index in [9.17, 15) is 4.79 Å². The molecule has 6 N–H and O–H groups in total. The quantitative estimate of drug-likeness (QED) is 0.245. The van der Waals surface area contributed by atoms with Gasteiger partial charge < -0.3 is 5.84 Å². The average Bonchev–Trinajstić information content (AvgIpc) is 3.10. The number of hydrazine groups is 1. The number of hydrazone groups is 1. The van der Waals surface area contributed by atoms with Crippen molar-refractivity contribution in [3.63, 3.8) is 0 Å². The molecular formula is C18H18N6O. The van der Waals surface area contributed by atoms with E-state index in [2.05, 4.69) is 20.7 Å². The summed E-state index contributed by atoms with van der Waals surface area (Å²) in [6.07, 6.45) is 0.337. The third-order valence-corrected chi connectivity index (χ3v) is 3.88. The minimum Gasteiger partial charge on any atom is -0.323 e. The van der Waals surface area contributed by atoms with Gasteiger partial charge in [0, 0.05) is 17.5 Å². The van der Waals surface area contributed by atoms with E-state index in [1.165, 1.54) is 0 Å². The van der Waals surface area contributed by atoms with Crippen molar-refractivity contribution in [1.82, 2.24) is 15.6 Å². The van der Waals surface area contributed by atoms with Gasteiger partial charge in [-0.2, -0.15) is 10.2 Å². The summed E-state index contributed by atoms with van der Waals surface area (Å²) >= 11 is 0. The molecule has 0 aliphatic carbocycles. The first-order valence-corrected chi connectivity index (χ1v) is 7.70. The van der Waals surface area contributed by atoms with Crippen LogP contribution in [-0.2, 0) is 6.42 Å². The minimum atomic E-state index is -0.450. The minimum absolute atomic E-state index is 0.290. The second-order valence-corrected chi connectivity index (χ2v) is 5.38. The van der Waals surface area contributed by atoms with Crippen LogP contribution in [0.1, 0.15) is 21.6 Å². The SMILES string of the molecule is N/N=C(/Cc1c(-c2ccccc2)n[nH]c1C(=O)NN)c1ccccc1. The molecule has 0 fully saturated rings. The third-order valence-electron chi connectivity index (χ3n) is 3.88. The Hall–Kier alpha value is -3.45. The van der Waals surface area contributed by atoms with Gasteiger partial charge in [0.05, 0.1) is 11.4 Å². The largest absolute Gasteiger partial charge is 0.323 e. The van der Waals surface area contributed by atoms with Gasteiger partial charge in [-0.05, 0) is 5.56 Å². The Morgan fingerprint density at radius 2 is 1.72 bits per heavy atom. The lowest BCUT2D eigenvalue weighted by Gasteiger charge is -2.08. The molecule has 0 bridgehead atoms. The van der Waals surface area contributed by atoms with Gasteiger partial charge in [-0.25, -0.2) is 5.84 Å². The molecule has 1 aromatic heterocycles. The van der Waals surface area contributed by atoms with Crippen LogP contribution in [0.2, 0.25) is 0 Å². The maximum atomic E-state index is 12.1. The molecule has 1 amide bonds. The number of H-pyrrole nitrogens is 1. The van der Waals surface area contributed by atoms with Crippen LogP contribution in [0, 0.1) is 0 Å². The van der Waals surface area contributed by atoms with Crippen LogP contribution in [0.5, 0.6) is 0 Å². The summed E-state index contributed by atoms with van der Waals surface area (Å²) < 4.78 is 0. The fourth-order valence-electron chi connectivity index (χ4n) is 2.65. The van der Waals surface area contributed by atoms with E-state index in [1.54, 1.807) is 0 Å². The summed E-state index contributed by atoms with van der Waals surface area (Å²) in [5, 5.41) is 11.0. The second-order valence-electron chi connectivity index (χ2n) is 5.38. The monoisotopic (exact) mass is 334 g/mol. The smallest absolute Gasteiger partial charge is 0.283 e. The number of nitrogens with zero attached hydrogens (tertiary/aromatic N) is 2. The molecule has 0 saturated carbocycles. The van der Waals surface area contributed by atoms with Crippen molar-refractivity contribution in [3.8, 4) is 11.3 Å². The van der Waals surface area contributed by atoms with E-state index in [0.717, 1.165) is 11.1 Å². The molecule has 1 heterocycles. The number of amides is 1. The molecule has 126 valence electrons. The Labute approximate surface area is 144 Å². The van der Waals surface area contributed by atoms with Gasteiger partial charge in [-0.3, -0.25) is 15.3 Å². The maximum absolute atomic E-state index is 12.1. The van der Waals surface area contributed by atoms with Gasteiger partial charge in [-0.15, -0.1) is 0 Å². The van der Waals surface area contributed by atoms with Crippen LogP contribution >= 0.6 is 0 Å². The van der Waals surface area contributed by atoms with Crippen LogP contribution in [0.15, 0.2) is 65.8 Å². The molecule has 2 aromatic carbocycles. The highest BCUT2D eigenvalue weighted by atomic mass is 16.2. The highest BCUT2D eigenvalue weighted by Crippen LogP contribution is 2.25. The average molecular weight is 334 g/mol. The predicted octanol–water partition coefficient (Wildman–Crippen LogP) is 1.59. The Morgan fingerprint density at radius 3 is 2.32 bits per heavy atom. The molecule has 7 nitrogen and oxygen atoms in total. The van der Waals surface area contributed by atoms with Crippen LogP contribution in [-0.4, -0.2) is 21.8 Å². The number of aromatic amines is 1. The van der Waals surface area contributed by atoms with E-state index in [4.69, 9.17) is 11.7 Å². The van der Waals surface area contributed by atoms with Gasteiger partial charge in [0.15, 0.2) is 0 Å². The number of aromatic nitrogens is 2. The summed E-state index contributed by atoms with van der Waals surface area (Å²) in [5.41, 5.74) is 6.18. The van der Waals surface area contributed by atoms with E-state index >= 15 is 0 Å². The molecule has 7 heteroatoms. The maximum Gasteiger partial charge on any atom is 0.283 e. The molecule has 0 aliphatic heterocycles. The fraction of sp³-hybridized carbons (Fsp3) is 0.0556. The predicted molar refractivity (Wildman–Crippen MR) is 96.5 cm³/mol. The zero-order valence-corrected chi connectivity index (χ0v) is 13.4. The zero-order chi connectivity index (χ0) is 17.6. The normalized spacial score (nSPS) is 11.3. The van der Waals surface area contributed by atoms with Crippen LogP contribution in [0.25, 0.3) is 11.3 Å². The summed E-state index contributed by atoms with van der Waals surface area (Å²) in [7, 11) is 0. The lowest BCUT2D eigenvalue weighted by atomic mass is 9.97. The zero-order valence-electron chi connectivity index (χ0n) is 13.4. The highest BCUT2D eigenvalue weighted by molar-refractivity contribution is 6.04. The number of nitrogens with one attached hydrogen (secondary N) is 2. The molecule has 3 rings (SSSR count). The van der Waals surface area contributed by atoms with Crippen molar-refractivity contribution < 1.29 is 4.79 Å². The summed E-state index contributed by atoms with van der Waals surface area (Å²) in [6, 6.07) is 19.1. The molecule has 0 saturated heterocycles. The van der Waals surface area contributed by atoms with Crippen molar-refractivity contribution in [2.24, 2.45) is 16.8 Å². The lowest BCUT2D eigenvalue weighted by Crippen LogP contribution is -2.31. The van der Waals surface area contributed by atoms with E-state index in [0.29, 0.717) is 29.1 Å². The van der Waals surface area contributed by atoms with Crippen LogP contribution in [0.3, 0.4) is 0 Å². The second kappa shape index (κ2) is 7.41. The van der Waals surface area contributed by atoms with Gasteiger partial charge in [0.2, 0.25) is 0 Å². The number of nitrogen functional groups attached to an aromatic ring is 1. The van der Waals surface area contributed by atoms with Crippen molar-refractivity contribution in [2.75, 3.05) is 0 Å². The number of nitrogens with two attached hydrogens (primary N) is 2. The Balaban J connectivity index is 2.07. The summed E-state index contributed by atoms with van der Waals surface area (Å²) in [6.45, 7) is 0. The number of benzene rings is 2. The molecule has 0 radical (unpaired) electrons. The van der Waals surface area contributed by atoms with Crippen molar-refractivity contribution >= 4 is 11.6 Å². The molecule has 0 spiro atoms. The summed E-state index contributed by atoms with van der Waals surface area (Å²) in [4.78, 5) is 12.1. The van der Waals surface area contributed by atoms with Crippen LogP contribution < -0.4 is 17.1 Å². The Kier molecular flexibility index (Phi) is 4.87. The van der Waals surface area contributed by atoms with Crippen molar-refractivity contribution in [3.05, 3.63) is 77.5 Å². The number of carbonyl (C=O) groups excluding carboxylic acids is 1. The first-order chi connectivity index (χ1) is 12.2. The first-order valence-electron chi connectivity index (χ1n) is 7.70. The number of carbonyl (C=O) groups is 1. The third kappa shape index (κ3) is 3.41. The topological polar surface area (TPSA) is 122 Å². The first kappa shape index (κ1) is 16.4. The van der Waals surface area contributed by atoms with E-state index < -0.39 is 5.91 Å². The summed E-state index contributed by atoms with van der Waals surface area (Å²) in [5.74, 6) is 10.4. The lowest BCUT2D eigenvalue weighted by molar-refractivity contribution is 0.0948. The Bertz CT molecular complexity index is 886.